The molecule has 0 saturated carbocycles. The number of unbranched alkanes of at least 4 members (excludes halogenated alkanes) is 1. The molecule has 0 aliphatic carbocycles. The number of para-hydroxylation sites is 1. The van der Waals surface area contributed by atoms with E-state index < -0.39 is 0 Å². The van der Waals surface area contributed by atoms with Crippen LogP contribution in [0.2, 0.25) is 0 Å². The third-order valence-corrected chi connectivity index (χ3v) is 4.34. The molecule has 0 spiro atoms. The van der Waals surface area contributed by atoms with Crippen LogP contribution in [0.15, 0.2) is 42.6 Å². The predicted octanol–water partition coefficient (Wildman–Crippen LogP) is 5.28. The van der Waals surface area contributed by atoms with Gasteiger partial charge in [0, 0.05) is 23.4 Å². The quantitative estimate of drug-likeness (QED) is 0.579. The molecule has 1 heterocycles. The van der Waals surface area contributed by atoms with E-state index in [-0.39, 0.29) is 0 Å². The van der Waals surface area contributed by atoms with E-state index in [1.54, 1.807) is 13.3 Å². The molecule has 1 aromatic carbocycles. The van der Waals surface area contributed by atoms with Crippen molar-refractivity contribution in [2.45, 2.75) is 52.0 Å². The first kappa shape index (κ1) is 19.0. The summed E-state index contributed by atoms with van der Waals surface area (Å²) < 4.78 is 5.42. The second kappa shape index (κ2) is 9.82. The summed E-state index contributed by atoms with van der Waals surface area (Å²) in [5.41, 5.74) is 2.02. The van der Waals surface area contributed by atoms with Gasteiger partial charge in [-0.2, -0.15) is 0 Å². The van der Waals surface area contributed by atoms with Gasteiger partial charge in [0.05, 0.1) is 12.8 Å². The Morgan fingerprint density at radius 1 is 1.08 bits per heavy atom. The van der Waals surface area contributed by atoms with E-state index >= 15 is 0 Å². The monoisotopic (exact) mass is 339 g/mol. The molecule has 1 aromatic heterocycles. The van der Waals surface area contributed by atoms with Gasteiger partial charge < -0.3 is 10.1 Å². The zero-order chi connectivity index (χ0) is 18.1. The van der Waals surface area contributed by atoms with E-state index in [9.17, 15) is 0 Å². The van der Waals surface area contributed by atoms with Gasteiger partial charge >= 0.3 is 0 Å². The predicted molar refractivity (Wildman–Crippen MR) is 105 cm³/mol. The topological polar surface area (TPSA) is 58.0 Å². The lowest BCUT2D eigenvalue weighted by Gasteiger charge is -2.21. The van der Waals surface area contributed by atoms with Crippen LogP contribution < -0.4 is 10.1 Å². The summed E-state index contributed by atoms with van der Waals surface area (Å²) in [4.78, 5) is 4.52. The summed E-state index contributed by atoms with van der Waals surface area (Å²) in [5, 5.41) is 12.3. The largest absolute Gasteiger partial charge is 0.496 e. The number of hydrogen-bond donors (Lipinski definition) is 2. The lowest BCUT2D eigenvalue weighted by molar-refractivity contribution is 0.414. The van der Waals surface area contributed by atoms with Gasteiger partial charge in [0.15, 0.2) is 0 Å². The Morgan fingerprint density at radius 3 is 2.56 bits per heavy atom. The number of nitrogens with zero attached hydrogens (tertiary/aromatic N) is 1. The molecule has 0 radical (unpaired) electrons. The molecule has 2 N–H and O–H groups in total. The van der Waals surface area contributed by atoms with Crippen LogP contribution in [0.1, 0.15) is 57.1 Å². The maximum atomic E-state index is 8.68. The molecule has 0 fully saturated rings. The fraction of sp³-hybridized carbons (Fsp3) is 0.429. The third-order valence-electron chi connectivity index (χ3n) is 4.34. The first-order valence-corrected chi connectivity index (χ1v) is 9.15. The van der Waals surface area contributed by atoms with Crippen molar-refractivity contribution in [1.82, 2.24) is 4.98 Å². The number of rotatable bonds is 10. The molecule has 25 heavy (non-hydrogen) atoms. The molecule has 4 nitrogen and oxygen atoms in total. The summed E-state index contributed by atoms with van der Waals surface area (Å²) >= 11 is 0. The van der Waals surface area contributed by atoms with Crippen molar-refractivity contribution in [3.05, 3.63) is 53.7 Å². The highest BCUT2D eigenvalue weighted by atomic mass is 16.5. The molecule has 0 aliphatic rings. The lowest BCUT2D eigenvalue weighted by Crippen LogP contribution is -2.22. The summed E-state index contributed by atoms with van der Waals surface area (Å²) in [5.74, 6) is 1.49. The van der Waals surface area contributed by atoms with E-state index in [2.05, 4.69) is 24.1 Å². The normalized spacial score (nSPS) is 11.8. The molecule has 134 valence electrons. The van der Waals surface area contributed by atoms with Crippen LogP contribution in [-0.4, -0.2) is 23.8 Å². The van der Waals surface area contributed by atoms with Crippen LogP contribution >= 0.6 is 0 Å². The molecule has 1 atom stereocenters. The minimum absolute atomic E-state index is 0.393. The number of benzene rings is 1. The number of aromatic nitrogens is 1. The number of nitrogens with one attached hydrogen (secondary N) is 2. The SMILES string of the molecule is CCCCC(CCC)Nc1ncccc1C(=N)c1ccccc1OC. The first-order valence-electron chi connectivity index (χ1n) is 9.15. The minimum atomic E-state index is 0.393. The molecule has 0 amide bonds. The van der Waals surface area contributed by atoms with Gasteiger partial charge in [-0.05, 0) is 37.1 Å². The van der Waals surface area contributed by atoms with E-state index in [0.29, 0.717) is 17.5 Å². The third kappa shape index (κ3) is 5.05. The van der Waals surface area contributed by atoms with Crippen LogP contribution in [0.25, 0.3) is 0 Å². The van der Waals surface area contributed by atoms with Crippen LogP contribution in [0.3, 0.4) is 0 Å². The van der Waals surface area contributed by atoms with Crippen molar-refractivity contribution in [1.29, 1.82) is 5.41 Å². The average Bonchev–Trinajstić information content (AvgIpc) is 2.66. The Labute approximate surface area is 151 Å². The summed E-state index contributed by atoms with van der Waals surface area (Å²) in [6.45, 7) is 4.42. The summed E-state index contributed by atoms with van der Waals surface area (Å²) in [6.07, 6.45) is 7.54. The van der Waals surface area contributed by atoms with E-state index in [0.717, 1.165) is 36.2 Å². The highest BCUT2D eigenvalue weighted by Gasteiger charge is 2.16. The van der Waals surface area contributed by atoms with E-state index in [1.807, 2.05) is 36.4 Å². The Morgan fingerprint density at radius 2 is 1.84 bits per heavy atom. The van der Waals surface area contributed by atoms with Crippen LogP contribution in [0, 0.1) is 5.41 Å². The molecule has 0 saturated heterocycles. The minimum Gasteiger partial charge on any atom is -0.496 e. The number of hydrogen-bond acceptors (Lipinski definition) is 4. The molecule has 4 heteroatoms. The zero-order valence-corrected chi connectivity index (χ0v) is 15.5. The van der Waals surface area contributed by atoms with Crippen LogP contribution in [0.4, 0.5) is 5.82 Å². The summed E-state index contributed by atoms with van der Waals surface area (Å²) in [7, 11) is 1.64. The fourth-order valence-corrected chi connectivity index (χ4v) is 3.00. The maximum Gasteiger partial charge on any atom is 0.135 e. The molecule has 2 rings (SSSR count). The van der Waals surface area contributed by atoms with Gasteiger partial charge in [-0.1, -0.05) is 45.2 Å². The highest BCUT2D eigenvalue weighted by Crippen LogP contribution is 2.25. The maximum absolute atomic E-state index is 8.68. The van der Waals surface area contributed by atoms with Gasteiger partial charge in [-0.15, -0.1) is 0 Å². The zero-order valence-electron chi connectivity index (χ0n) is 15.5. The van der Waals surface area contributed by atoms with Gasteiger partial charge in [0.25, 0.3) is 0 Å². The van der Waals surface area contributed by atoms with Gasteiger partial charge in [0.1, 0.15) is 11.6 Å². The fourth-order valence-electron chi connectivity index (χ4n) is 3.00. The van der Waals surface area contributed by atoms with Crippen molar-refractivity contribution in [3.63, 3.8) is 0 Å². The Bertz CT molecular complexity index is 684. The van der Waals surface area contributed by atoms with Crippen LogP contribution in [0.5, 0.6) is 5.75 Å². The van der Waals surface area contributed by atoms with Crippen molar-refractivity contribution in [2.75, 3.05) is 12.4 Å². The second-order valence-electron chi connectivity index (χ2n) is 6.25. The Hall–Kier alpha value is -2.36. The van der Waals surface area contributed by atoms with Crippen molar-refractivity contribution in [3.8, 4) is 5.75 Å². The van der Waals surface area contributed by atoms with E-state index in [4.69, 9.17) is 10.1 Å². The Kier molecular flexibility index (Phi) is 7.45. The van der Waals surface area contributed by atoms with Gasteiger partial charge in [-0.25, -0.2) is 4.98 Å². The number of pyridine rings is 1. The molecule has 0 bridgehead atoms. The van der Waals surface area contributed by atoms with Gasteiger partial charge in [0.2, 0.25) is 0 Å². The molecule has 2 aromatic rings. The van der Waals surface area contributed by atoms with Crippen molar-refractivity contribution < 1.29 is 4.74 Å². The molecular formula is C21H29N3O. The second-order valence-corrected chi connectivity index (χ2v) is 6.25. The highest BCUT2D eigenvalue weighted by molar-refractivity contribution is 6.15. The molecule has 1 unspecified atom stereocenters. The van der Waals surface area contributed by atoms with Crippen molar-refractivity contribution in [2.24, 2.45) is 0 Å². The Balaban J connectivity index is 2.29. The molecule has 0 aliphatic heterocycles. The molecular weight excluding hydrogens is 310 g/mol. The average molecular weight is 339 g/mol. The first-order chi connectivity index (χ1) is 12.2. The standard InChI is InChI=1S/C21H29N3O/c1-4-6-11-16(10-5-2)24-21-18(13-9-15-23-21)20(22)17-12-7-8-14-19(17)25-3/h7-9,12-16,22H,4-6,10-11H2,1-3H3,(H,23,24). The number of methoxy groups -OCH3 is 1. The van der Waals surface area contributed by atoms with Crippen LogP contribution in [-0.2, 0) is 0 Å². The number of ether oxygens (including phenoxy) is 1. The van der Waals surface area contributed by atoms with Gasteiger partial charge in [-0.3, -0.25) is 5.41 Å². The summed E-state index contributed by atoms with van der Waals surface area (Å²) in [6, 6.07) is 11.9. The lowest BCUT2D eigenvalue weighted by atomic mass is 10.0. The number of anilines is 1. The van der Waals surface area contributed by atoms with E-state index in [1.165, 1.54) is 12.8 Å². The van der Waals surface area contributed by atoms with Crippen molar-refractivity contribution >= 4 is 11.5 Å². The smallest absolute Gasteiger partial charge is 0.135 e.